The van der Waals surface area contributed by atoms with Crippen molar-refractivity contribution in [3.8, 4) is 23.1 Å². The predicted molar refractivity (Wildman–Crippen MR) is 106 cm³/mol. The number of esters is 1. The normalized spacial score (nSPS) is 9.79. The second kappa shape index (κ2) is 8.60. The van der Waals surface area contributed by atoms with Crippen molar-refractivity contribution in [2.75, 3.05) is 12.4 Å². The van der Waals surface area contributed by atoms with Crippen molar-refractivity contribution in [2.45, 2.75) is 6.92 Å². The molecule has 2 heterocycles. The van der Waals surface area contributed by atoms with Crippen LogP contribution in [0.4, 0.5) is 5.82 Å². The number of nitrogens with zero attached hydrogens (tertiary/aromatic N) is 2. The van der Waals surface area contributed by atoms with Crippen LogP contribution in [-0.2, 0) is 9.53 Å². The number of benzene rings is 1. The number of pyridine rings is 2. The smallest absolute Gasteiger partial charge is 0.338 e. The Morgan fingerprint density at radius 1 is 1.04 bits per heavy atom. The zero-order valence-corrected chi connectivity index (χ0v) is 15.4. The minimum atomic E-state index is -0.505. The topological polar surface area (TPSA) is 81.2 Å². The summed E-state index contributed by atoms with van der Waals surface area (Å²) in [6, 6.07) is 14.3. The maximum absolute atomic E-state index is 11.9. The largest absolute Gasteiger partial charge is 0.465 e. The van der Waals surface area contributed by atoms with Crippen LogP contribution in [-0.4, -0.2) is 29.0 Å². The van der Waals surface area contributed by atoms with Crippen molar-refractivity contribution in [2.24, 2.45) is 0 Å². The number of hydrogen-bond donors (Lipinski definition) is 1. The lowest BCUT2D eigenvalue weighted by atomic mass is 10.1. The second-order valence-corrected chi connectivity index (χ2v) is 5.87. The van der Waals surface area contributed by atoms with Crippen LogP contribution in [0.5, 0.6) is 0 Å². The van der Waals surface area contributed by atoms with Gasteiger partial charge >= 0.3 is 5.97 Å². The van der Waals surface area contributed by atoms with Gasteiger partial charge in [-0.05, 0) is 36.4 Å². The van der Waals surface area contributed by atoms with Crippen LogP contribution >= 0.6 is 0 Å². The van der Waals surface area contributed by atoms with Gasteiger partial charge in [-0.3, -0.25) is 9.78 Å². The molecule has 6 heteroatoms. The van der Waals surface area contributed by atoms with Crippen molar-refractivity contribution >= 4 is 17.7 Å². The highest BCUT2D eigenvalue weighted by Crippen LogP contribution is 2.22. The Kier molecular flexibility index (Phi) is 5.78. The third kappa shape index (κ3) is 4.80. The molecule has 138 valence electrons. The Morgan fingerprint density at radius 2 is 1.79 bits per heavy atom. The summed E-state index contributed by atoms with van der Waals surface area (Å²) in [6.45, 7) is 1.38. The Hall–Kier alpha value is -3.98. The van der Waals surface area contributed by atoms with Gasteiger partial charge in [-0.2, -0.15) is 0 Å². The molecule has 0 saturated heterocycles. The number of carbonyl (C=O) groups excluding carboxylic acids is 2. The van der Waals surface area contributed by atoms with Crippen LogP contribution in [0.2, 0.25) is 0 Å². The van der Waals surface area contributed by atoms with E-state index in [1.807, 2.05) is 36.4 Å². The Balaban J connectivity index is 1.91. The summed E-state index contributed by atoms with van der Waals surface area (Å²) < 4.78 is 4.78. The highest BCUT2D eigenvalue weighted by Gasteiger charge is 2.12. The number of anilines is 1. The van der Waals surface area contributed by atoms with Crippen molar-refractivity contribution < 1.29 is 14.3 Å². The molecule has 0 saturated carbocycles. The molecule has 0 aliphatic rings. The van der Waals surface area contributed by atoms with Crippen molar-refractivity contribution in [1.29, 1.82) is 0 Å². The van der Waals surface area contributed by atoms with Crippen molar-refractivity contribution in [1.82, 2.24) is 9.97 Å². The highest BCUT2D eigenvalue weighted by atomic mass is 16.5. The van der Waals surface area contributed by atoms with E-state index >= 15 is 0 Å². The van der Waals surface area contributed by atoms with Crippen LogP contribution in [0.3, 0.4) is 0 Å². The molecule has 0 fully saturated rings. The second-order valence-electron chi connectivity index (χ2n) is 5.87. The van der Waals surface area contributed by atoms with E-state index in [-0.39, 0.29) is 11.7 Å². The SMILES string of the molecule is COC(=O)c1cc(NC(C)=O)nc(-c2ccc(C#Cc3cccnc3)cc2)c1. The van der Waals surface area contributed by atoms with Gasteiger partial charge in [0.1, 0.15) is 5.82 Å². The average Bonchev–Trinajstić information content (AvgIpc) is 2.72. The molecular weight excluding hydrogens is 354 g/mol. The molecule has 1 aromatic carbocycles. The van der Waals surface area contributed by atoms with Gasteiger partial charge in [0, 0.05) is 36.0 Å². The summed E-state index contributed by atoms with van der Waals surface area (Å²) >= 11 is 0. The highest BCUT2D eigenvalue weighted by molar-refractivity contribution is 5.94. The van der Waals surface area contributed by atoms with Gasteiger partial charge in [-0.1, -0.05) is 24.0 Å². The molecule has 0 atom stereocenters. The first kappa shape index (κ1) is 18.8. The lowest BCUT2D eigenvalue weighted by Crippen LogP contribution is -2.10. The number of amides is 1. The van der Waals surface area contributed by atoms with Gasteiger partial charge < -0.3 is 10.1 Å². The fourth-order valence-corrected chi connectivity index (χ4v) is 2.46. The number of ether oxygens (including phenoxy) is 1. The first-order valence-electron chi connectivity index (χ1n) is 8.45. The lowest BCUT2D eigenvalue weighted by molar-refractivity contribution is -0.114. The molecule has 3 rings (SSSR count). The maximum atomic E-state index is 11.9. The Bertz CT molecular complexity index is 1070. The predicted octanol–water partition coefficient (Wildman–Crippen LogP) is 3.29. The molecule has 1 N–H and O–H groups in total. The molecule has 2 aromatic heterocycles. The van der Waals surface area contributed by atoms with E-state index in [2.05, 4.69) is 27.1 Å². The average molecular weight is 371 g/mol. The molecule has 0 unspecified atom stereocenters. The van der Waals surface area contributed by atoms with Gasteiger partial charge in [0.2, 0.25) is 5.91 Å². The summed E-state index contributed by atoms with van der Waals surface area (Å²) in [6.07, 6.45) is 3.40. The van der Waals surface area contributed by atoms with Crippen LogP contribution in [0.15, 0.2) is 60.9 Å². The van der Waals surface area contributed by atoms with Crippen LogP contribution in [0, 0.1) is 11.8 Å². The van der Waals surface area contributed by atoms with E-state index in [0.29, 0.717) is 11.3 Å². The minimum Gasteiger partial charge on any atom is -0.465 e. The van der Waals surface area contributed by atoms with Crippen LogP contribution in [0.1, 0.15) is 28.4 Å². The first-order chi connectivity index (χ1) is 13.5. The quantitative estimate of drug-likeness (QED) is 0.564. The zero-order chi connectivity index (χ0) is 19.9. The number of rotatable bonds is 3. The van der Waals surface area contributed by atoms with Gasteiger partial charge in [-0.15, -0.1) is 0 Å². The molecule has 1 amide bonds. The number of hydrogen-bond acceptors (Lipinski definition) is 5. The summed E-state index contributed by atoms with van der Waals surface area (Å²) in [5.41, 5.74) is 3.29. The monoisotopic (exact) mass is 371 g/mol. The minimum absolute atomic E-state index is 0.276. The third-order valence-electron chi connectivity index (χ3n) is 3.74. The van der Waals surface area contributed by atoms with Gasteiger partial charge in [0.05, 0.1) is 18.4 Å². The van der Waals surface area contributed by atoms with Gasteiger partial charge in [-0.25, -0.2) is 9.78 Å². The molecule has 0 bridgehead atoms. The zero-order valence-electron chi connectivity index (χ0n) is 15.4. The fourth-order valence-electron chi connectivity index (χ4n) is 2.46. The Labute approximate surface area is 162 Å². The van der Waals surface area contributed by atoms with E-state index in [1.165, 1.54) is 20.1 Å². The lowest BCUT2D eigenvalue weighted by Gasteiger charge is -2.08. The van der Waals surface area contributed by atoms with Crippen LogP contribution in [0.25, 0.3) is 11.3 Å². The van der Waals surface area contributed by atoms with E-state index in [9.17, 15) is 9.59 Å². The fraction of sp³-hybridized carbons (Fsp3) is 0.0909. The number of nitrogens with one attached hydrogen (secondary N) is 1. The maximum Gasteiger partial charge on any atom is 0.338 e. The van der Waals surface area contributed by atoms with Gasteiger partial charge in [0.25, 0.3) is 0 Å². The molecule has 0 spiro atoms. The standard InChI is InChI=1S/C22H17N3O3/c1-15(26)24-21-13-19(22(27)28-2)12-20(25-21)18-9-7-16(8-10-18)5-6-17-4-3-11-23-14-17/h3-4,7-14H,1-2H3,(H,24,25,26). The van der Waals surface area contributed by atoms with Crippen molar-refractivity contribution in [3.05, 3.63) is 77.6 Å². The molecule has 28 heavy (non-hydrogen) atoms. The van der Waals surface area contributed by atoms with E-state index in [1.54, 1.807) is 18.5 Å². The third-order valence-corrected chi connectivity index (χ3v) is 3.74. The Morgan fingerprint density at radius 3 is 2.43 bits per heavy atom. The van der Waals surface area contributed by atoms with E-state index in [0.717, 1.165) is 16.7 Å². The number of aromatic nitrogens is 2. The number of methoxy groups -OCH3 is 1. The molecule has 3 aromatic rings. The first-order valence-corrected chi connectivity index (χ1v) is 8.45. The number of carbonyl (C=O) groups is 2. The summed E-state index contributed by atoms with van der Waals surface area (Å²) in [4.78, 5) is 31.7. The molecule has 0 aliphatic heterocycles. The van der Waals surface area contributed by atoms with E-state index < -0.39 is 5.97 Å². The molecule has 6 nitrogen and oxygen atoms in total. The molecular formula is C22H17N3O3. The summed E-state index contributed by atoms with van der Waals surface area (Å²) in [5, 5.41) is 2.60. The van der Waals surface area contributed by atoms with Crippen molar-refractivity contribution in [3.63, 3.8) is 0 Å². The molecule has 0 radical (unpaired) electrons. The molecule has 0 aliphatic carbocycles. The summed E-state index contributed by atoms with van der Waals surface area (Å²) in [7, 11) is 1.30. The summed E-state index contributed by atoms with van der Waals surface area (Å²) in [5.74, 6) is 5.62. The van der Waals surface area contributed by atoms with E-state index in [4.69, 9.17) is 4.74 Å². The van der Waals surface area contributed by atoms with Crippen LogP contribution < -0.4 is 5.32 Å². The van der Waals surface area contributed by atoms with Gasteiger partial charge in [0.15, 0.2) is 0 Å².